The van der Waals surface area contributed by atoms with Crippen LogP contribution in [-0.2, 0) is 0 Å². The van der Waals surface area contributed by atoms with Crippen molar-refractivity contribution in [1.29, 1.82) is 0 Å². The molecule has 1 aliphatic rings. The van der Waals surface area contributed by atoms with E-state index in [9.17, 15) is 4.79 Å². The third-order valence-electron chi connectivity index (χ3n) is 3.27. The quantitative estimate of drug-likeness (QED) is 0.849. The number of carbonyl (C=O) groups excluding carboxylic acids is 1. The number of piperidine rings is 1. The van der Waals surface area contributed by atoms with Crippen LogP contribution >= 0.6 is 0 Å². The fourth-order valence-electron chi connectivity index (χ4n) is 2.32. The molecule has 1 atom stereocenters. The van der Waals surface area contributed by atoms with Gasteiger partial charge in [-0.2, -0.15) is 0 Å². The third-order valence-corrected chi connectivity index (χ3v) is 3.27. The highest BCUT2D eigenvalue weighted by atomic mass is 16.2. The van der Waals surface area contributed by atoms with E-state index < -0.39 is 0 Å². The fourth-order valence-corrected chi connectivity index (χ4v) is 2.32. The number of nitrogens with one attached hydrogen (secondary N) is 1. The van der Waals surface area contributed by atoms with Gasteiger partial charge in [0, 0.05) is 26.3 Å². The van der Waals surface area contributed by atoms with Gasteiger partial charge in [-0.25, -0.2) is 0 Å². The lowest BCUT2D eigenvalue weighted by atomic mass is 9.99. The first-order valence-electron chi connectivity index (χ1n) is 6.13. The van der Waals surface area contributed by atoms with Gasteiger partial charge in [-0.3, -0.25) is 9.78 Å². The zero-order valence-electron chi connectivity index (χ0n) is 10.4. The van der Waals surface area contributed by atoms with Crippen LogP contribution in [0.5, 0.6) is 0 Å². The normalized spacial score (nSPS) is 20.1. The summed E-state index contributed by atoms with van der Waals surface area (Å²) in [5.74, 6) is 0.718. The molecule has 17 heavy (non-hydrogen) atoms. The zero-order valence-corrected chi connectivity index (χ0v) is 10.4. The Hall–Kier alpha value is -1.58. The minimum absolute atomic E-state index is 0.114. The smallest absolute Gasteiger partial charge is 0.256 e. The number of pyridine rings is 1. The third kappa shape index (κ3) is 2.57. The maximum atomic E-state index is 12.4. The van der Waals surface area contributed by atoms with E-state index in [1.807, 2.05) is 11.9 Å². The van der Waals surface area contributed by atoms with Gasteiger partial charge in [0.15, 0.2) is 0 Å². The number of nitrogens with zero attached hydrogens (tertiary/aromatic N) is 2. The first-order chi connectivity index (χ1) is 8.22. The summed E-state index contributed by atoms with van der Waals surface area (Å²) in [6, 6.07) is 1.79. The summed E-state index contributed by atoms with van der Waals surface area (Å²) in [5, 5.41) is 3.02. The molecule has 1 fully saturated rings. The van der Waals surface area contributed by atoms with Crippen LogP contribution in [0.25, 0.3) is 0 Å². The van der Waals surface area contributed by atoms with Gasteiger partial charge in [0.25, 0.3) is 5.91 Å². The molecule has 0 spiro atoms. The van der Waals surface area contributed by atoms with Crippen LogP contribution in [0.1, 0.15) is 30.1 Å². The zero-order chi connectivity index (χ0) is 12.3. The highest BCUT2D eigenvalue weighted by Crippen LogP contribution is 2.20. The van der Waals surface area contributed by atoms with Gasteiger partial charge >= 0.3 is 0 Å². The van der Waals surface area contributed by atoms with Gasteiger partial charge in [-0.15, -0.1) is 0 Å². The van der Waals surface area contributed by atoms with Crippen molar-refractivity contribution in [3.05, 3.63) is 24.0 Å². The van der Waals surface area contributed by atoms with Crippen LogP contribution in [0.4, 0.5) is 5.69 Å². The molecule has 92 valence electrons. The molecule has 1 N–H and O–H groups in total. The van der Waals surface area contributed by atoms with Crippen LogP contribution in [0.15, 0.2) is 18.5 Å². The topological polar surface area (TPSA) is 45.2 Å². The van der Waals surface area contributed by atoms with Crippen molar-refractivity contribution in [2.75, 3.05) is 25.5 Å². The largest absolute Gasteiger partial charge is 0.386 e. The summed E-state index contributed by atoms with van der Waals surface area (Å²) in [7, 11) is 1.81. The molecule has 0 bridgehead atoms. The fraction of sp³-hybridized carbons (Fsp3) is 0.538. The predicted molar refractivity (Wildman–Crippen MR) is 68.1 cm³/mol. The average molecular weight is 233 g/mol. The number of rotatable bonds is 2. The molecular weight excluding hydrogens is 214 g/mol. The number of carbonyl (C=O) groups is 1. The van der Waals surface area contributed by atoms with E-state index in [4.69, 9.17) is 0 Å². The molecule has 1 saturated heterocycles. The van der Waals surface area contributed by atoms with Crippen LogP contribution in [0, 0.1) is 5.92 Å². The van der Waals surface area contributed by atoms with Crippen LogP contribution in [0.3, 0.4) is 0 Å². The molecule has 4 nitrogen and oxygen atoms in total. The molecule has 0 aromatic carbocycles. The molecule has 0 aliphatic carbocycles. The van der Waals surface area contributed by atoms with E-state index in [0.717, 1.165) is 30.8 Å². The first-order valence-corrected chi connectivity index (χ1v) is 6.13. The predicted octanol–water partition coefficient (Wildman–Crippen LogP) is 2.00. The first kappa shape index (κ1) is 11.9. The van der Waals surface area contributed by atoms with Gasteiger partial charge < -0.3 is 10.2 Å². The summed E-state index contributed by atoms with van der Waals surface area (Å²) >= 11 is 0. The molecule has 1 aliphatic heterocycles. The van der Waals surface area contributed by atoms with Gasteiger partial charge in [0.1, 0.15) is 0 Å². The van der Waals surface area contributed by atoms with Crippen molar-refractivity contribution in [1.82, 2.24) is 9.88 Å². The maximum Gasteiger partial charge on any atom is 0.256 e. The number of hydrogen-bond acceptors (Lipinski definition) is 3. The minimum atomic E-state index is 0.114. The number of anilines is 1. The lowest BCUT2D eigenvalue weighted by molar-refractivity contribution is 0.0684. The Morgan fingerprint density at radius 3 is 3.12 bits per heavy atom. The molecule has 1 unspecified atom stereocenters. The van der Waals surface area contributed by atoms with Crippen LogP contribution < -0.4 is 5.32 Å². The van der Waals surface area contributed by atoms with Crippen molar-refractivity contribution in [3.63, 3.8) is 0 Å². The standard InChI is InChI=1S/C13H19N3O/c1-10-4-3-7-16(9-10)13(17)11-5-6-15-8-12(11)14-2/h5-6,8,10,14H,3-4,7,9H2,1-2H3. The van der Waals surface area contributed by atoms with Gasteiger partial charge in [-0.05, 0) is 24.8 Å². The van der Waals surface area contributed by atoms with Crippen LogP contribution in [-0.4, -0.2) is 35.9 Å². The van der Waals surface area contributed by atoms with E-state index >= 15 is 0 Å². The minimum Gasteiger partial charge on any atom is -0.386 e. The Kier molecular flexibility index (Phi) is 3.61. The van der Waals surface area contributed by atoms with E-state index in [0.29, 0.717) is 5.92 Å². The number of likely N-dealkylation sites (tertiary alicyclic amines) is 1. The summed E-state index contributed by atoms with van der Waals surface area (Å²) in [6.45, 7) is 3.93. The molecular formula is C13H19N3O. The lowest BCUT2D eigenvalue weighted by Gasteiger charge is -2.31. The highest BCUT2D eigenvalue weighted by molar-refractivity contribution is 5.99. The number of aromatic nitrogens is 1. The van der Waals surface area contributed by atoms with Crippen molar-refractivity contribution < 1.29 is 4.79 Å². The second kappa shape index (κ2) is 5.17. The van der Waals surface area contributed by atoms with Crippen molar-refractivity contribution >= 4 is 11.6 Å². The Morgan fingerprint density at radius 1 is 1.59 bits per heavy atom. The molecule has 4 heteroatoms. The second-order valence-corrected chi connectivity index (χ2v) is 4.67. The molecule has 0 radical (unpaired) electrons. The second-order valence-electron chi connectivity index (χ2n) is 4.67. The van der Waals surface area contributed by atoms with Crippen molar-refractivity contribution in [3.8, 4) is 0 Å². The molecule has 1 amide bonds. The lowest BCUT2D eigenvalue weighted by Crippen LogP contribution is -2.39. The van der Waals surface area contributed by atoms with E-state index in [1.54, 1.807) is 18.5 Å². The summed E-state index contributed by atoms with van der Waals surface area (Å²) in [5.41, 5.74) is 1.52. The monoisotopic (exact) mass is 233 g/mol. The molecule has 1 aromatic rings. The number of amides is 1. The highest BCUT2D eigenvalue weighted by Gasteiger charge is 2.23. The Bertz CT molecular complexity index is 405. The van der Waals surface area contributed by atoms with Crippen molar-refractivity contribution in [2.45, 2.75) is 19.8 Å². The molecule has 2 rings (SSSR count). The van der Waals surface area contributed by atoms with E-state index in [2.05, 4.69) is 17.2 Å². The molecule has 0 saturated carbocycles. The summed E-state index contributed by atoms with van der Waals surface area (Å²) in [6.07, 6.45) is 5.69. The van der Waals surface area contributed by atoms with Crippen LogP contribution in [0.2, 0.25) is 0 Å². The molecule has 2 heterocycles. The number of hydrogen-bond donors (Lipinski definition) is 1. The summed E-state index contributed by atoms with van der Waals surface area (Å²) in [4.78, 5) is 18.4. The van der Waals surface area contributed by atoms with Gasteiger partial charge in [-0.1, -0.05) is 6.92 Å². The Labute approximate surface area is 102 Å². The summed E-state index contributed by atoms with van der Waals surface area (Å²) < 4.78 is 0. The molecule has 1 aromatic heterocycles. The average Bonchev–Trinajstić information content (AvgIpc) is 2.38. The van der Waals surface area contributed by atoms with E-state index in [-0.39, 0.29) is 5.91 Å². The Morgan fingerprint density at radius 2 is 2.41 bits per heavy atom. The van der Waals surface area contributed by atoms with Gasteiger partial charge in [0.2, 0.25) is 0 Å². The Balaban J connectivity index is 2.18. The maximum absolute atomic E-state index is 12.4. The SMILES string of the molecule is CNc1cnccc1C(=O)N1CCCC(C)C1. The van der Waals surface area contributed by atoms with Gasteiger partial charge in [0.05, 0.1) is 17.4 Å². The van der Waals surface area contributed by atoms with Crippen molar-refractivity contribution in [2.24, 2.45) is 5.92 Å². The van der Waals surface area contributed by atoms with E-state index in [1.165, 1.54) is 6.42 Å².